The van der Waals surface area contributed by atoms with Gasteiger partial charge in [-0.3, -0.25) is 0 Å². The van der Waals surface area contributed by atoms with Crippen molar-refractivity contribution in [3.05, 3.63) is 22.3 Å². The molecule has 0 spiro atoms. The van der Waals surface area contributed by atoms with E-state index >= 15 is 0 Å². The largest absolute Gasteiger partial charge is 0.476 e. The van der Waals surface area contributed by atoms with E-state index in [1.807, 2.05) is 6.07 Å². The third-order valence-corrected chi connectivity index (χ3v) is 3.40. The number of likely N-dealkylation sites (N-methyl/N-ethyl adjacent to an activating group) is 1. The summed E-state index contributed by atoms with van der Waals surface area (Å²) in [4.78, 5) is 6.57. The second-order valence-corrected chi connectivity index (χ2v) is 5.30. The first-order chi connectivity index (χ1) is 8.20. The highest BCUT2D eigenvalue weighted by Crippen LogP contribution is 2.25. The molecule has 0 saturated heterocycles. The van der Waals surface area contributed by atoms with Crippen LogP contribution < -0.4 is 10.5 Å². The minimum atomic E-state index is 0.445. The highest BCUT2D eigenvalue weighted by Gasteiger charge is 2.25. The smallest absolute Gasteiger partial charge is 0.217 e. The summed E-state index contributed by atoms with van der Waals surface area (Å²) in [5, 5.41) is 0. The summed E-state index contributed by atoms with van der Waals surface area (Å²) in [6.07, 6.45) is 4.38. The number of hydrogen-bond donors (Lipinski definition) is 1. The van der Waals surface area contributed by atoms with Gasteiger partial charge in [-0.1, -0.05) is 0 Å². The number of rotatable bonds is 6. The van der Waals surface area contributed by atoms with Crippen molar-refractivity contribution in [2.24, 2.45) is 5.73 Å². The second kappa shape index (κ2) is 5.80. The molecule has 5 heteroatoms. The van der Waals surface area contributed by atoms with Gasteiger partial charge in [-0.05, 0) is 41.9 Å². The van der Waals surface area contributed by atoms with E-state index in [1.165, 1.54) is 12.8 Å². The van der Waals surface area contributed by atoms with Crippen LogP contribution in [-0.2, 0) is 6.54 Å². The second-order valence-electron chi connectivity index (χ2n) is 4.38. The predicted octanol–water partition coefficient (Wildman–Crippen LogP) is 1.78. The monoisotopic (exact) mass is 299 g/mol. The fourth-order valence-corrected chi connectivity index (χ4v) is 2.11. The van der Waals surface area contributed by atoms with Gasteiger partial charge in [0.25, 0.3) is 0 Å². The molecule has 1 aliphatic rings. The van der Waals surface area contributed by atoms with E-state index in [0.717, 1.165) is 22.6 Å². The molecular formula is C12H18BrN3O. The number of aromatic nitrogens is 1. The van der Waals surface area contributed by atoms with Crippen LogP contribution in [0.15, 0.2) is 16.7 Å². The zero-order valence-corrected chi connectivity index (χ0v) is 11.6. The van der Waals surface area contributed by atoms with E-state index < -0.39 is 0 Å². The Kier molecular flexibility index (Phi) is 4.36. The zero-order chi connectivity index (χ0) is 12.3. The Labute approximate surface area is 110 Å². The molecule has 17 heavy (non-hydrogen) atoms. The molecule has 4 nitrogen and oxygen atoms in total. The molecule has 1 saturated carbocycles. The van der Waals surface area contributed by atoms with Crippen molar-refractivity contribution in [1.82, 2.24) is 9.88 Å². The van der Waals surface area contributed by atoms with Gasteiger partial charge in [0.1, 0.15) is 6.61 Å². The van der Waals surface area contributed by atoms with Crippen molar-refractivity contribution in [2.75, 3.05) is 20.2 Å². The van der Waals surface area contributed by atoms with Gasteiger partial charge in [0.2, 0.25) is 5.88 Å². The lowest BCUT2D eigenvalue weighted by molar-refractivity contribution is 0.225. The van der Waals surface area contributed by atoms with Crippen molar-refractivity contribution >= 4 is 15.9 Å². The molecule has 1 aromatic heterocycles. The summed E-state index contributed by atoms with van der Waals surface area (Å²) in [7, 11) is 2.14. The summed E-state index contributed by atoms with van der Waals surface area (Å²) >= 11 is 3.37. The van der Waals surface area contributed by atoms with Gasteiger partial charge in [0.05, 0.1) is 0 Å². The molecule has 1 fully saturated rings. The van der Waals surface area contributed by atoms with Crippen molar-refractivity contribution in [3.63, 3.8) is 0 Å². The van der Waals surface area contributed by atoms with Gasteiger partial charge in [-0.25, -0.2) is 4.98 Å². The van der Waals surface area contributed by atoms with E-state index in [4.69, 9.17) is 10.5 Å². The number of ether oxygens (including phenoxy) is 1. The van der Waals surface area contributed by atoms with Gasteiger partial charge in [-0.2, -0.15) is 0 Å². The van der Waals surface area contributed by atoms with E-state index in [-0.39, 0.29) is 0 Å². The standard InChI is InChI=1S/C12H18BrN3O/c1-16(11-2-3-11)4-5-17-12-9(7-14)6-10(13)8-15-12/h6,8,11H,2-5,7,14H2,1H3. The van der Waals surface area contributed by atoms with Crippen LogP contribution in [0.5, 0.6) is 5.88 Å². The van der Waals surface area contributed by atoms with Gasteiger partial charge in [0, 0.05) is 35.4 Å². The molecule has 0 atom stereocenters. The first-order valence-corrected chi connectivity index (χ1v) is 6.67. The van der Waals surface area contributed by atoms with Gasteiger partial charge < -0.3 is 15.4 Å². The summed E-state index contributed by atoms with van der Waals surface area (Å²) in [5.41, 5.74) is 6.60. The average molecular weight is 300 g/mol. The zero-order valence-electron chi connectivity index (χ0n) is 10.0. The van der Waals surface area contributed by atoms with Crippen molar-refractivity contribution in [3.8, 4) is 5.88 Å². The number of nitrogens with zero attached hydrogens (tertiary/aromatic N) is 2. The van der Waals surface area contributed by atoms with Crippen LogP contribution in [0.3, 0.4) is 0 Å². The molecule has 0 aromatic carbocycles. The summed E-state index contributed by atoms with van der Waals surface area (Å²) in [5.74, 6) is 0.653. The maximum atomic E-state index is 5.68. The van der Waals surface area contributed by atoms with Gasteiger partial charge in [0.15, 0.2) is 0 Å². The number of nitrogens with two attached hydrogens (primary N) is 1. The minimum absolute atomic E-state index is 0.445. The predicted molar refractivity (Wildman–Crippen MR) is 71.0 cm³/mol. The molecule has 1 aliphatic carbocycles. The Morgan fingerprint density at radius 2 is 2.35 bits per heavy atom. The molecular weight excluding hydrogens is 282 g/mol. The molecule has 0 bridgehead atoms. The highest BCUT2D eigenvalue weighted by atomic mass is 79.9. The SMILES string of the molecule is CN(CCOc1ncc(Br)cc1CN)C1CC1. The van der Waals surface area contributed by atoms with Crippen LogP contribution in [-0.4, -0.2) is 36.1 Å². The maximum Gasteiger partial charge on any atom is 0.217 e. The van der Waals surface area contributed by atoms with Crippen LogP contribution >= 0.6 is 15.9 Å². The molecule has 0 radical (unpaired) electrons. The van der Waals surface area contributed by atoms with E-state index in [2.05, 4.69) is 32.9 Å². The summed E-state index contributed by atoms with van der Waals surface area (Å²) in [6.45, 7) is 2.04. The fraction of sp³-hybridized carbons (Fsp3) is 0.583. The molecule has 94 valence electrons. The molecule has 0 amide bonds. The minimum Gasteiger partial charge on any atom is -0.476 e. The summed E-state index contributed by atoms with van der Waals surface area (Å²) < 4.78 is 6.61. The van der Waals surface area contributed by atoms with E-state index in [0.29, 0.717) is 19.0 Å². The lowest BCUT2D eigenvalue weighted by Gasteiger charge is -2.16. The fourth-order valence-electron chi connectivity index (χ4n) is 1.73. The van der Waals surface area contributed by atoms with Crippen molar-refractivity contribution < 1.29 is 4.74 Å². The Morgan fingerprint density at radius 1 is 1.59 bits per heavy atom. The number of pyridine rings is 1. The normalized spacial score (nSPS) is 15.3. The Hall–Kier alpha value is -0.650. The quantitative estimate of drug-likeness (QED) is 0.870. The molecule has 2 rings (SSSR count). The van der Waals surface area contributed by atoms with Crippen LogP contribution in [0.25, 0.3) is 0 Å². The Bertz CT molecular complexity index is 382. The highest BCUT2D eigenvalue weighted by molar-refractivity contribution is 9.10. The van der Waals surface area contributed by atoms with E-state index in [1.54, 1.807) is 6.20 Å². The van der Waals surface area contributed by atoms with Crippen LogP contribution in [0, 0.1) is 0 Å². The first kappa shape index (κ1) is 12.8. The lowest BCUT2D eigenvalue weighted by atomic mass is 10.3. The first-order valence-electron chi connectivity index (χ1n) is 5.88. The van der Waals surface area contributed by atoms with Crippen LogP contribution in [0.2, 0.25) is 0 Å². The Balaban J connectivity index is 1.85. The lowest BCUT2D eigenvalue weighted by Crippen LogP contribution is -2.26. The van der Waals surface area contributed by atoms with Gasteiger partial charge in [-0.15, -0.1) is 0 Å². The third kappa shape index (κ3) is 3.66. The average Bonchev–Trinajstić information content (AvgIpc) is 3.14. The molecule has 0 aliphatic heterocycles. The van der Waals surface area contributed by atoms with E-state index in [9.17, 15) is 0 Å². The summed E-state index contributed by atoms with van der Waals surface area (Å²) in [6, 6.07) is 2.72. The maximum absolute atomic E-state index is 5.68. The number of halogens is 1. The molecule has 1 heterocycles. The van der Waals surface area contributed by atoms with Crippen LogP contribution in [0.1, 0.15) is 18.4 Å². The van der Waals surface area contributed by atoms with Crippen LogP contribution in [0.4, 0.5) is 0 Å². The molecule has 1 aromatic rings. The number of hydrogen-bond acceptors (Lipinski definition) is 4. The van der Waals surface area contributed by atoms with Crippen molar-refractivity contribution in [2.45, 2.75) is 25.4 Å². The molecule has 2 N–H and O–H groups in total. The third-order valence-electron chi connectivity index (χ3n) is 2.96. The topological polar surface area (TPSA) is 51.4 Å². The van der Waals surface area contributed by atoms with Crippen molar-refractivity contribution in [1.29, 1.82) is 0 Å². The molecule has 0 unspecified atom stereocenters. The van der Waals surface area contributed by atoms with Gasteiger partial charge >= 0.3 is 0 Å². The Morgan fingerprint density at radius 3 is 3.00 bits per heavy atom.